The van der Waals surface area contributed by atoms with Crippen molar-refractivity contribution in [3.8, 4) is 0 Å². The summed E-state index contributed by atoms with van der Waals surface area (Å²) in [7, 11) is 4.31. The fourth-order valence-corrected chi connectivity index (χ4v) is 6.08. The lowest BCUT2D eigenvalue weighted by molar-refractivity contribution is 0.394. The van der Waals surface area contributed by atoms with Gasteiger partial charge in [0.15, 0.2) is 6.54 Å². The summed E-state index contributed by atoms with van der Waals surface area (Å²) >= 11 is 0. The van der Waals surface area contributed by atoms with E-state index in [1.165, 1.54) is 66.3 Å². The lowest BCUT2D eigenvalue weighted by Gasteiger charge is -2.24. The minimum absolute atomic E-state index is 0.984. The molecule has 0 N–H and O–H groups in total. The van der Waals surface area contributed by atoms with E-state index in [0.717, 1.165) is 32.4 Å². The van der Waals surface area contributed by atoms with E-state index in [1.54, 1.807) is 0 Å². The van der Waals surface area contributed by atoms with E-state index < -0.39 is 0 Å². The van der Waals surface area contributed by atoms with Crippen molar-refractivity contribution in [2.24, 2.45) is 0 Å². The van der Waals surface area contributed by atoms with Crippen molar-refractivity contribution >= 4 is 11.3 Å². The maximum absolute atomic E-state index is 2.54. The van der Waals surface area contributed by atoms with Crippen LogP contribution in [0.25, 0.3) is 5.57 Å². The Hall–Kier alpha value is -3.49. The Morgan fingerprint density at radius 2 is 1.36 bits per heavy atom. The number of benzene rings is 4. The van der Waals surface area contributed by atoms with Gasteiger partial charge in [0.25, 0.3) is 0 Å². The Bertz CT molecular complexity index is 1550. The minimum Gasteiger partial charge on any atom is -0.309 e. The van der Waals surface area contributed by atoms with Gasteiger partial charge >= 0.3 is 0 Å². The predicted molar refractivity (Wildman–Crippen MR) is 151 cm³/mol. The lowest BCUT2D eigenvalue weighted by Crippen LogP contribution is -2.36. The average Bonchev–Trinajstić information content (AvgIpc) is 2.86. The van der Waals surface area contributed by atoms with Gasteiger partial charge in [0.1, 0.15) is 0 Å². The molecule has 6 rings (SSSR count). The molecule has 0 bridgehead atoms. The number of hydrogen-bond donors (Lipinski definition) is 0. The molecule has 4 aromatic rings. The average molecular weight is 472 g/mol. The van der Waals surface area contributed by atoms with E-state index in [2.05, 4.69) is 116 Å². The third-order valence-corrected chi connectivity index (χ3v) is 7.75. The van der Waals surface area contributed by atoms with E-state index in [4.69, 9.17) is 0 Å². The van der Waals surface area contributed by atoms with Crippen LogP contribution in [0.2, 0.25) is 0 Å². The lowest BCUT2D eigenvalue weighted by atomic mass is 9.80. The number of aryl methyl sites for hydroxylation is 2. The standard InChI is InChI=1S/C34H35N2/c1-23-10-13-30-27(18-23)22-28-19-24(2)11-14-31(28)34(30)26-12-15-33-29(21-26)20-25-8-5-6-9-32(25)36(33)17-7-16-35(3)4/h5-6,8-15,18-19,21H,7,16-17,20,22H2,1-4H3/q+1. The molecule has 0 amide bonds. The molecule has 4 aromatic carbocycles. The van der Waals surface area contributed by atoms with Gasteiger partial charge in [0, 0.05) is 42.6 Å². The molecule has 0 fully saturated rings. The van der Waals surface area contributed by atoms with Crippen molar-refractivity contribution in [3.63, 3.8) is 0 Å². The second-order valence-corrected chi connectivity index (χ2v) is 10.8. The van der Waals surface area contributed by atoms with Crippen LogP contribution in [0.4, 0.5) is 5.69 Å². The number of rotatable bonds is 4. The third-order valence-electron chi connectivity index (χ3n) is 7.75. The molecule has 0 saturated carbocycles. The molecule has 2 aliphatic rings. The van der Waals surface area contributed by atoms with Crippen molar-refractivity contribution in [3.05, 3.63) is 134 Å². The fraction of sp³-hybridized carbons (Fsp3) is 0.265. The Morgan fingerprint density at radius 1 is 0.694 bits per heavy atom. The Morgan fingerprint density at radius 3 is 2.06 bits per heavy atom. The SMILES string of the molecule is Cc1ccc2c(c1)Cc1cc(C)ccc1C2=c1ccc2c(c1)Cc1ccccc1[N+]=2CCCN(C)C. The monoisotopic (exact) mass is 471 g/mol. The summed E-state index contributed by atoms with van der Waals surface area (Å²) in [5.74, 6) is 0. The molecule has 1 aliphatic carbocycles. The number of fused-ring (bicyclic) bond motifs is 4. The van der Waals surface area contributed by atoms with Crippen LogP contribution >= 0.6 is 0 Å². The summed E-state index contributed by atoms with van der Waals surface area (Å²) in [6.45, 7) is 6.53. The smallest absolute Gasteiger partial charge is 0.209 e. The maximum Gasteiger partial charge on any atom is 0.209 e. The largest absolute Gasteiger partial charge is 0.309 e. The van der Waals surface area contributed by atoms with Crippen molar-refractivity contribution in [1.82, 2.24) is 9.48 Å². The van der Waals surface area contributed by atoms with Crippen LogP contribution in [0.15, 0.2) is 78.9 Å². The zero-order valence-electron chi connectivity index (χ0n) is 21.9. The number of hydrogen-bond acceptors (Lipinski definition) is 1. The molecule has 0 spiro atoms. The molecule has 2 heteroatoms. The molecular weight excluding hydrogens is 436 g/mol. The molecule has 0 radical (unpaired) electrons. The molecule has 0 unspecified atom stereocenters. The normalized spacial score (nSPS) is 13.8. The van der Waals surface area contributed by atoms with Gasteiger partial charge < -0.3 is 4.90 Å². The van der Waals surface area contributed by atoms with Crippen LogP contribution in [-0.2, 0) is 12.8 Å². The van der Waals surface area contributed by atoms with E-state index in [1.807, 2.05) is 0 Å². The van der Waals surface area contributed by atoms with Crippen molar-refractivity contribution in [2.45, 2.75) is 33.1 Å². The van der Waals surface area contributed by atoms with Gasteiger partial charge in [-0.05, 0) is 79.5 Å². The first-order chi connectivity index (χ1) is 17.5. The highest BCUT2D eigenvalue weighted by Gasteiger charge is 2.25. The highest BCUT2D eigenvalue weighted by Crippen LogP contribution is 2.35. The molecule has 0 atom stereocenters. The van der Waals surface area contributed by atoms with Crippen LogP contribution in [0.5, 0.6) is 0 Å². The molecule has 1 heterocycles. The van der Waals surface area contributed by atoms with Gasteiger partial charge in [-0.15, -0.1) is 0 Å². The zero-order chi connectivity index (χ0) is 24.8. The van der Waals surface area contributed by atoms with Crippen LogP contribution in [-0.4, -0.2) is 32.1 Å². The summed E-state index contributed by atoms with van der Waals surface area (Å²) in [4.78, 5) is 2.28. The van der Waals surface area contributed by atoms with E-state index in [0.29, 0.717) is 0 Å². The molecule has 180 valence electrons. The van der Waals surface area contributed by atoms with Gasteiger partial charge in [-0.25, -0.2) is 0 Å². The number of para-hydroxylation sites is 1. The first kappa shape index (κ1) is 22.9. The van der Waals surface area contributed by atoms with Gasteiger partial charge in [0.2, 0.25) is 11.0 Å². The quantitative estimate of drug-likeness (QED) is 0.329. The molecule has 0 aromatic heterocycles. The van der Waals surface area contributed by atoms with Crippen molar-refractivity contribution < 1.29 is 0 Å². The summed E-state index contributed by atoms with van der Waals surface area (Å²) in [5, 5.41) is 2.69. The van der Waals surface area contributed by atoms with Crippen LogP contribution in [0.1, 0.15) is 50.9 Å². The molecule has 0 saturated heterocycles. The summed E-state index contributed by atoms with van der Waals surface area (Å²) < 4.78 is 2.54. The zero-order valence-corrected chi connectivity index (χ0v) is 21.9. The van der Waals surface area contributed by atoms with Crippen molar-refractivity contribution in [2.75, 3.05) is 27.2 Å². The third kappa shape index (κ3) is 4.10. The van der Waals surface area contributed by atoms with Crippen LogP contribution < -0.4 is 15.2 Å². The highest BCUT2D eigenvalue weighted by atomic mass is 15.1. The van der Waals surface area contributed by atoms with E-state index in [9.17, 15) is 0 Å². The maximum atomic E-state index is 2.54. The van der Waals surface area contributed by atoms with Gasteiger partial charge in [-0.3, -0.25) is 0 Å². The summed E-state index contributed by atoms with van der Waals surface area (Å²) in [5.41, 5.74) is 13.9. The topological polar surface area (TPSA) is 6.25 Å². The first-order valence-electron chi connectivity index (χ1n) is 13.2. The second-order valence-electron chi connectivity index (χ2n) is 10.8. The minimum atomic E-state index is 0.984. The molecule has 36 heavy (non-hydrogen) atoms. The molecule has 2 nitrogen and oxygen atoms in total. The molecule has 1 aliphatic heterocycles. The fourth-order valence-electron chi connectivity index (χ4n) is 6.08. The number of nitrogens with zero attached hydrogens (tertiary/aromatic N) is 2. The highest BCUT2D eigenvalue weighted by molar-refractivity contribution is 5.85. The summed E-state index contributed by atoms with van der Waals surface area (Å²) in [6, 6.07) is 30.1. The van der Waals surface area contributed by atoms with Crippen LogP contribution in [0.3, 0.4) is 0 Å². The van der Waals surface area contributed by atoms with Gasteiger partial charge in [-0.1, -0.05) is 65.7 Å². The van der Waals surface area contributed by atoms with Gasteiger partial charge in [0.05, 0.1) is 0 Å². The van der Waals surface area contributed by atoms with Gasteiger partial charge in [-0.2, -0.15) is 4.58 Å². The Kier molecular flexibility index (Phi) is 5.85. The van der Waals surface area contributed by atoms with E-state index >= 15 is 0 Å². The van der Waals surface area contributed by atoms with Crippen LogP contribution in [0, 0.1) is 13.8 Å². The Balaban J connectivity index is 1.59. The second kappa shape index (κ2) is 9.19. The van der Waals surface area contributed by atoms with Crippen molar-refractivity contribution in [1.29, 1.82) is 0 Å². The molecular formula is C34H35N2+. The first-order valence-corrected chi connectivity index (χ1v) is 13.2. The predicted octanol–water partition coefficient (Wildman–Crippen LogP) is 5.13. The van der Waals surface area contributed by atoms with E-state index in [-0.39, 0.29) is 0 Å². The Labute approximate surface area is 214 Å². The summed E-state index contributed by atoms with van der Waals surface area (Å²) in [6.07, 6.45) is 3.13.